The van der Waals surface area contributed by atoms with E-state index in [2.05, 4.69) is 63.1 Å². The molecule has 1 unspecified atom stereocenters. The number of carbonyl (C=O) groups is 3. The fraction of sp³-hybridized carbons (Fsp3) is 0.229. The number of hydrogen-bond acceptors (Lipinski definition) is 5. The molecule has 0 aliphatic rings. The SMILES string of the molecule is C=C(C)C(=O)OCC[N+](C)(C)Cc1cccc2ccccc12.CC(C(=O)[O-])c1cccc(C(=O)c2ccccc2)c1. The van der Waals surface area contributed by atoms with E-state index in [0.717, 1.165) is 17.6 Å². The summed E-state index contributed by atoms with van der Waals surface area (Å²) in [5.74, 6) is -2.31. The van der Waals surface area contributed by atoms with E-state index in [0.29, 0.717) is 28.9 Å². The van der Waals surface area contributed by atoms with Gasteiger partial charge in [0.15, 0.2) is 5.78 Å². The maximum absolute atomic E-state index is 12.2. The summed E-state index contributed by atoms with van der Waals surface area (Å²) in [5, 5.41) is 13.4. The molecular weight excluding hydrogens is 514 g/mol. The fourth-order valence-electron chi connectivity index (χ4n) is 4.32. The number of rotatable bonds is 10. The van der Waals surface area contributed by atoms with Crippen molar-refractivity contribution in [3.05, 3.63) is 131 Å². The van der Waals surface area contributed by atoms with Gasteiger partial charge in [-0.1, -0.05) is 104 Å². The topological polar surface area (TPSA) is 83.5 Å². The fourth-order valence-corrected chi connectivity index (χ4v) is 4.32. The van der Waals surface area contributed by atoms with Crippen LogP contribution >= 0.6 is 0 Å². The number of benzene rings is 4. The van der Waals surface area contributed by atoms with Crippen molar-refractivity contribution < 1.29 is 28.7 Å². The van der Waals surface area contributed by atoms with Gasteiger partial charge in [0.25, 0.3) is 0 Å². The van der Waals surface area contributed by atoms with Gasteiger partial charge in [0.2, 0.25) is 0 Å². The number of likely N-dealkylation sites (N-methyl/N-ethyl adjacent to an activating group) is 1. The number of esters is 1. The number of carboxylic acid groups (broad SMARTS) is 1. The van der Waals surface area contributed by atoms with Crippen molar-refractivity contribution in [1.82, 2.24) is 0 Å². The number of ketones is 1. The number of quaternary nitrogens is 1. The highest BCUT2D eigenvalue weighted by atomic mass is 16.5. The monoisotopic (exact) mass is 551 g/mol. The Morgan fingerprint density at radius 1 is 0.854 bits per heavy atom. The molecule has 6 heteroatoms. The van der Waals surface area contributed by atoms with Gasteiger partial charge in [-0.2, -0.15) is 0 Å². The van der Waals surface area contributed by atoms with E-state index in [-0.39, 0.29) is 11.8 Å². The lowest BCUT2D eigenvalue weighted by atomic mass is 9.96. The Kier molecular flexibility index (Phi) is 10.7. The minimum absolute atomic E-state index is 0.118. The quantitative estimate of drug-likeness (QED) is 0.116. The predicted molar refractivity (Wildman–Crippen MR) is 160 cm³/mol. The number of fused-ring (bicyclic) bond motifs is 1. The molecule has 0 saturated carbocycles. The number of carboxylic acids is 1. The molecule has 0 N–H and O–H groups in total. The summed E-state index contributed by atoms with van der Waals surface area (Å²) in [4.78, 5) is 34.5. The summed E-state index contributed by atoms with van der Waals surface area (Å²) >= 11 is 0. The van der Waals surface area contributed by atoms with Crippen molar-refractivity contribution >= 4 is 28.5 Å². The standard InChI is InChI=1S/C19H24NO2.C16H14O3/c1-15(2)19(21)22-13-12-20(3,4)14-17-10-7-9-16-8-5-6-11-18(16)17;1-11(16(18)19)13-8-5-9-14(10-13)15(17)12-6-3-2-4-7-12/h5-11H,1,12-14H2,2-4H3;2-11H,1H3,(H,18,19)/q+1;/p-1. The lowest BCUT2D eigenvalue weighted by molar-refractivity contribution is -0.903. The molecule has 0 radical (unpaired) electrons. The summed E-state index contributed by atoms with van der Waals surface area (Å²) in [7, 11) is 4.30. The zero-order valence-corrected chi connectivity index (χ0v) is 24.1. The molecule has 0 fully saturated rings. The Balaban J connectivity index is 0.000000228. The number of hydrogen-bond donors (Lipinski definition) is 0. The normalized spacial score (nSPS) is 11.6. The molecule has 0 amide bonds. The van der Waals surface area contributed by atoms with Crippen LogP contribution in [0.15, 0.2) is 109 Å². The Labute approximate surface area is 242 Å². The van der Waals surface area contributed by atoms with E-state index >= 15 is 0 Å². The maximum Gasteiger partial charge on any atom is 0.333 e. The van der Waals surface area contributed by atoms with Crippen molar-refractivity contribution in [2.75, 3.05) is 27.2 Å². The maximum atomic E-state index is 12.2. The largest absolute Gasteiger partial charge is 0.550 e. The molecule has 4 aromatic rings. The number of nitrogens with zero attached hydrogens (tertiary/aromatic N) is 1. The Morgan fingerprint density at radius 3 is 2.15 bits per heavy atom. The first-order chi connectivity index (χ1) is 19.5. The van der Waals surface area contributed by atoms with Crippen molar-refractivity contribution in [3.63, 3.8) is 0 Å². The highest BCUT2D eigenvalue weighted by molar-refractivity contribution is 6.09. The van der Waals surface area contributed by atoms with Gasteiger partial charge in [0.1, 0.15) is 19.7 Å². The van der Waals surface area contributed by atoms with Crippen LogP contribution in [0.1, 0.15) is 46.8 Å². The van der Waals surface area contributed by atoms with Crippen molar-refractivity contribution in [3.8, 4) is 0 Å². The van der Waals surface area contributed by atoms with Crippen LogP contribution in [-0.4, -0.2) is 49.5 Å². The summed E-state index contributed by atoms with van der Waals surface area (Å²) < 4.78 is 5.97. The summed E-state index contributed by atoms with van der Waals surface area (Å²) in [6, 6.07) is 30.4. The third-order valence-corrected chi connectivity index (χ3v) is 6.79. The zero-order chi connectivity index (χ0) is 30.0. The van der Waals surface area contributed by atoms with Crippen LogP contribution in [0.25, 0.3) is 10.8 Å². The van der Waals surface area contributed by atoms with Gasteiger partial charge < -0.3 is 19.1 Å². The van der Waals surface area contributed by atoms with E-state index in [1.54, 1.807) is 62.4 Å². The second-order valence-corrected chi connectivity index (χ2v) is 10.7. The molecule has 0 spiro atoms. The Morgan fingerprint density at radius 2 is 1.46 bits per heavy atom. The second-order valence-electron chi connectivity index (χ2n) is 10.7. The molecule has 0 saturated heterocycles. The van der Waals surface area contributed by atoms with Crippen molar-refractivity contribution in [2.24, 2.45) is 0 Å². The molecule has 0 heterocycles. The molecule has 212 valence electrons. The number of ether oxygens (including phenoxy) is 1. The molecule has 0 aliphatic carbocycles. The van der Waals surface area contributed by atoms with Crippen LogP contribution < -0.4 is 5.11 Å². The van der Waals surface area contributed by atoms with Crippen LogP contribution in [0.2, 0.25) is 0 Å². The van der Waals surface area contributed by atoms with Crippen molar-refractivity contribution in [1.29, 1.82) is 0 Å². The first-order valence-electron chi connectivity index (χ1n) is 13.5. The molecule has 0 aromatic heterocycles. The van der Waals surface area contributed by atoms with Gasteiger partial charge in [-0.05, 0) is 29.3 Å². The highest BCUT2D eigenvalue weighted by Gasteiger charge is 2.18. The predicted octanol–water partition coefficient (Wildman–Crippen LogP) is 5.31. The van der Waals surface area contributed by atoms with Crippen LogP contribution in [-0.2, 0) is 20.9 Å². The van der Waals surface area contributed by atoms with Crippen LogP contribution in [0.3, 0.4) is 0 Å². The number of aliphatic carboxylic acids is 1. The second kappa shape index (κ2) is 14.2. The lowest BCUT2D eigenvalue weighted by Crippen LogP contribution is -2.41. The van der Waals surface area contributed by atoms with E-state index in [1.165, 1.54) is 16.3 Å². The zero-order valence-electron chi connectivity index (χ0n) is 24.1. The van der Waals surface area contributed by atoms with E-state index in [1.807, 2.05) is 6.07 Å². The average molecular weight is 552 g/mol. The Bertz CT molecular complexity index is 1520. The minimum Gasteiger partial charge on any atom is -0.550 e. The smallest absolute Gasteiger partial charge is 0.333 e. The molecular formula is C35H37NO5. The minimum atomic E-state index is -1.15. The van der Waals surface area contributed by atoms with Gasteiger partial charge in [-0.3, -0.25) is 4.79 Å². The van der Waals surface area contributed by atoms with Crippen LogP contribution in [0, 0.1) is 0 Å². The van der Waals surface area contributed by atoms with Crippen LogP contribution in [0.5, 0.6) is 0 Å². The molecule has 4 rings (SSSR count). The van der Waals surface area contributed by atoms with Gasteiger partial charge in [-0.25, -0.2) is 4.79 Å². The number of carbonyl (C=O) groups excluding carboxylic acids is 3. The first kappa shape index (κ1) is 31.0. The molecule has 4 aromatic carbocycles. The highest BCUT2D eigenvalue weighted by Crippen LogP contribution is 2.21. The summed E-state index contributed by atoms with van der Waals surface area (Å²) in [6.07, 6.45) is 0. The van der Waals surface area contributed by atoms with Gasteiger partial charge in [0, 0.05) is 34.2 Å². The van der Waals surface area contributed by atoms with E-state index < -0.39 is 11.9 Å². The van der Waals surface area contributed by atoms with Crippen LogP contribution in [0.4, 0.5) is 0 Å². The molecule has 6 nitrogen and oxygen atoms in total. The Hall–Kier alpha value is -4.55. The van der Waals surface area contributed by atoms with Gasteiger partial charge in [0.05, 0.1) is 14.1 Å². The summed E-state index contributed by atoms with van der Waals surface area (Å²) in [5.41, 5.74) is 3.40. The first-order valence-corrected chi connectivity index (χ1v) is 13.5. The summed E-state index contributed by atoms with van der Waals surface area (Å²) in [6.45, 7) is 8.87. The third-order valence-electron chi connectivity index (χ3n) is 6.79. The van der Waals surface area contributed by atoms with E-state index in [9.17, 15) is 19.5 Å². The molecule has 0 bridgehead atoms. The average Bonchev–Trinajstić information content (AvgIpc) is 2.97. The van der Waals surface area contributed by atoms with Crippen molar-refractivity contribution in [2.45, 2.75) is 26.3 Å². The van der Waals surface area contributed by atoms with Gasteiger partial charge >= 0.3 is 5.97 Å². The third kappa shape index (κ3) is 8.98. The molecule has 1 atom stereocenters. The molecule has 41 heavy (non-hydrogen) atoms. The lowest BCUT2D eigenvalue weighted by Gasteiger charge is -2.30. The molecule has 0 aliphatic heterocycles. The van der Waals surface area contributed by atoms with Gasteiger partial charge in [-0.15, -0.1) is 0 Å². The van der Waals surface area contributed by atoms with E-state index in [4.69, 9.17) is 4.74 Å².